The predicted octanol–water partition coefficient (Wildman–Crippen LogP) is 2.92. The Bertz CT molecular complexity index is 710. The maximum absolute atomic E-state index is 13.4. The number of halogens is 2. The molecule has 0 saturated carbocycles. The zero-order valence-electron chi connectivity index (χ0n) is 12.7. The number of hydrogen-bond acceptors (Lipinski definition) is 4. The molecule has 0 atom stereocenters. The van der Waals surface area contributed by atoms with Crippen molar-refractivity contribution in [3.05, 3.63) is 42.1 Å². The zero-order valence-corrected chi connectivity index (χ0v) is 12.7. The number of pyridine rings is 1. The van der Waals surface area contributed by atoms with Crippen molar-refractivity contribution in [1.82, 2.24) is 9.88 Å². The van der Waals surface area contributed by atoms with E-state index < -0.39 is 11.6 Å². The Labute approximate surface area is 133 Å². The molecule has 23 heavy (non-hydrogen) atoms. The molecule has 6 heteroatoms. The Morgan fingerprint density at radius 2 is 1.78 bits per heavy atom. The van der Waals surface area contributed by atoms with Crippen molar-refractivity contribution < 1.29 is 8.78 Å². The normalized spacial score (nSPS) is 16.9. The molecule has 2 aliphatic heterocycles. The van der Waals surface area contributed by atoms with Gasteiger partial charge in [-0.25, -0.2) is 13.8 Å². The van der Waals surface area contributed by atoms with E-state index in [0.717, 1.165) is 42.9 Å². The van der Waals surface area contributed by atoms with Crippen molar-refractivity contribution in [2.45, 2.75) is 6.42 Å². The van der Waals surface area contributed by atoms with Crippen molar-refractivity contribution in [3.63, 3.8) is 0 Å². The third kappa shape index (κ3) is 2.86. The summed E-state index contributed by atoms with van der Waals surface area (Å²) in [6.45, 7) is 5.02. The first-order valence-corrected chi connectivity index (χ1v) is 7.87. The molecule has 4 nitrogen and oxygen atoms in total. The van der Waals surface area contributed by atoms with Crippen molar-refractivity contribution in [3.8, 4) is 11.1 Å². The highest BCUT2D eigenvalue weighted by molar-refractivity contribution is 5.77. The molecule has 0 amide bonds. The molecule has 0 spiro atoms. The van der Waals surface area contributed by atoms with E-state index in [0.29, 0.717) is 5.56 Å². The molecule has 0 aliphatic carbocycles. The molecule has 1 aromatic carbocycles. The minimum Gasteiger partial charge on any atom is -0.351 e. The largest absolute Gasteiger partial charge is 0.351 e. The second-order valence-corrected chi connectivity index (χ2v) is 6.04. The average Bonchev–Trinajstić information content (AvgIpc) is 2.87. The summed E-state index contributed by atoms with van der Waals surface area (Å²) in [6.07, 6.45) is 2.94. The Morgan fingerprint density at radius 1 is 1.00 bits per heavy atom. The van der Waals surface area contributed by atoms with Crippen LogP contribution in [-0.2, 0) is 0 Å². The molecule has 120 valence electrons. The summed E-state index contributed by atoms with van der Waals surface area (Å²) < 4.78 is 26.9. The van der Waals surface area contributed by atoms with Gasteiger partial charge >= 0.3 is 0 Å². The van der Waals surface area contributed by atoms with Gasteiger partial charge in [-0.3, -0.25) is 0 Å². The lowest BCUT2D eigenvalue weighted by atomic mass is 10.1. The van der Waals surface area contributed by atoms with Gasteiger partial charge in [-0.15, -0.1) is 0 Å². The molecule has 2 aliphatic rings. The topological polar surface area (TPSA) is 31.4 Å². The third-order valence-corrected chi connectivity index (χ3v) is 4.48. The van der Waals surface area contributed by atoms with E-state index in [1.54, 1.807) is 6.20 Å². The van der Waals surface area contributed by atoms with Gasteiger partial charge in [0.15, 0.2) is 5.82 Å². The van der Waals surface area contributed by atoms with E-state index in [1.165, 1.54) is 31.6 Å². The van der Waals surface area contributed by atoms with Crippen LogP contribution in [0.15, 0.2) is 30.5 Å². The number of aromatic nitrogens is 1. The lowest BCUT2D eigenvalue weighted by molar-refractivity contribution is 0.186. The quantitative estimate of drug-likeness (QED) is 0.940. The first-order chi connectivity index (χ1) is 11.2. The number of anilines is 2. The minimum atomic E-state index is -0.576. The van der Waals surface area contributed by atoms with Crippen molar-refractivity contribution >= 4 is 11.5 Å². The molecule has 2 aromatic rings. The van der Waals surface area contributed by atoms with Crippen LogP contribution in [0.1, 0.15) is 6.42 Å². The summed E-state index contributed by atoms with van der Waals surface area (Å²) in [6, 6.07) is 5.50. The van der Waals surface area contributed by atoms with Crippen LogP contribution in [0.25, 0.3) is 11.1 Å². The van der Waals surface area contributed by atoms with Gasteiger partial charge in [-0.2, -0.15) is 0 Å². The second kappa shape index (κ2) is 5.77. The summed E-state index contributed by atoms with van der Waals surface area (Å²) in [4.78, 5) is 9.03. The van der Waals surface area contributed by atoms with Gasteiger partial charge in [-0.05, 0) is 43.3 Å². The highest BCUT2D eigenvalue weighted by Crippen LogP contribution is 2.33. The van der Waals surface area contributed by atoms with Crippen LogP contribution < -0.4 is 10.2 Å². The monoisotopic (exact) mass is 316 g/mol. The summed E-state index contributed by atoms with van der Waals surface area (Å²) in [5, 5.41) is 3.26. The molecule has 1 saturated heterocycles. The molecule has 4 rings (SSSR count). The summed E-state index contributed by atoms with van der Waals surface area (Å²) in [5.74, 6) is -0.323. The standard InChI is InChI=1S/C17H18F2N4/c18-14-6-12(7-15(19)9-14)13-8-16-17(20-10-13)21-11-23(16)5-4-22-2-1-3-22/h6-10H,1-5,11H2,(H,20,21). The lowest BCUT2D eigenvalue weighted by Crippen LogP contribution is -2.42. The maximum atomic E-state index is 13.4. The van der Waals surface area contributed by atoms with Gasteiger partial charge < -0.3 is 15.1 Å². The van der Waals surface area contributed by atoms with Gasteiger partial charge in [0.25, 0.3) is 0 Å². The Kier molecular flexibility index (Phi) is 3.61. The van der Waals surface area contributed by atoms with Crippen molar-refractivity contribution in [2.24, 2.45) is 0 Å². The fraction of sp³-hybridized carbons (Fsp3) is 0.353. The zero-order chi connectivity index (χ0) is 15.8. The van der Waals surface area contributed by atoms with Crippen LogP contribution >= 0.6 is 0 Å². The predicted molar refractivity (Wildman–Crippen MR) is 86.5 cm³/mol. The highest BCUT2D eigenvalue weighted by atomic mass is 19.1. The smallest absolute Gasteiger partial charge is 0.151 e. The number of rotatable bonds is 4. The summed E-state index contributed by atoms with van der Waals surface area (Å²) in [5.41, 5.74) is 2.22. The number of benzene rings is 1. The van der Waals surface area contributed by atoms with Gasteiger partial charge in [0.2, 0.25) is 0 Å². The van der Waals surface area contributed by atoms with E-state index >= 15 is 0 Å². The maximum Gasteiger partial charge on any atom is 0.151 e. The number of nitrogens with zero attached hydrogens (tertiary/aromatic N) is 3. The second-order valence-electron chi connectivity index (χ2n) is 6.04. The average molecular weight is 316 g/mol. The number of nitrogens with one attached hydrogen (secondary N) is 1. The molecular formula is C17H18F2N4. The highest BCUT2D eigenvalue weighted by Gasteiger charge is 2.22. The number of fused-ring (bicyclic) bond motifs is 1. The van der Waals surface area contributed by atoms with Crippen molar-refractivity contribution in [2.75, 3.05) is 43.1 Å². The van der Waals surface area contributed by atoms with E-state index in [9.17, 15) is 8.78 Å². The third-order valence-electron chi connectivity index (χ3n) is 4.48. The molecule has 1 fully saturated rings. The fourth-order valence-corrected chi connectivity index (χ4v) is 3.03. The molecule has 0 radical (unpaired) electrons. The Balaban J connectivity index is 1.59. The Morgan fingerprint density at radius 3 is 2.48 bits per heavy atom. The van der Waals surface area contributed by atoms with E-state index in [-0.39, 0.29) is 0 Å². The molecular weight excluding hydrogens is 298 g/mol. The van der Waals surface area contributed by atoms with Crippen LogP contribution in [-0.4, -0.2) is 42.7 Å². The first kappa shape index (κ1) is 14.4. The fourth-order valence-electron chi connectivity index (χ4n) is 3.03. The lowest BCUT2D eigenvalue weighted by Gasteiger charge is -2.32. The van der Waals surface area contributed by atoms with Gasteiger partial charge in [0.1, 0.15) is 11.6 Å². The molecule has 1 aromatic heterocycles. The van der Waals surface area contributed by atoms with Crippen LogP contribution in [0.2, 0.25) is 0 Å². The summed E-state index contributed by atoms with van der Waals surface area (Å²) in [7, 11) is 0. The van der Waals surface area contributed by atoms with Gasteiger partial charge in [-0.1, -0.05) is 0 Å². The van der Waals surface area contributed by atoms with E-state index in [4.69, 9.17) is 0 Å². The number of hydrogen-bond donors (Lipinski definition) is 1. The van der Waals surface area contributed by atoms with Gasteiger partial charge in [0.05, 0.1) is 12.4 Å². The molecule has 0 unspecified atom stereocenters. The van der Waals surface area contributed by atoms with Crippen molar-refractivity contribution in [1.29, 1.82) is 0 Å². The van der Waals surface area contributed by atoms with Crippen LogP contribution in [0.3, 0.4) is 0 Å². The minimum absolute atomic E-state index is 0.507. The summed E-state index contributed by atoms with van der Waals surface area (Å²) >= 11 is 0. The van der Waals surface area contributed by atoms with Crippen LogP contribution in [0.5, 0.6) is 0 Å². The van der Waals surface area contributed by atoms with E-state index in [2.05, 4.69) is 20.1 Å². The van der Waals surface area contributed by atoms with Crippen LogP contribution in [0, 0.1) is 11.6 Å². The SMILES string of the molecule is Fc1cc(F)cc(-c2cnc3c(c2)N(CCN2CCC2)CN3)c1. The first-order valence-electron chi connectivity index (χ1n) is 7.87. The number of likely N-dealkylation sites (tertiary alicyclic amines) is 1. The molecule has 1 N–H and O–H groups in total. The van der Waals surface area contributed by atoms with Gasteiger partial charge in [0, 0.05) is 30.9 Å². The van der Waals surface area contributed by atoms with E-state index in [1.807, 2.05) is 6.07 Å². The molecule has 0 bridgehead atoms. The van der Waals surface area contributed by atoms with Crippen LogP contribution in [0.4, 0.5) is 20.3 Å². The Hall–Kier alpha value is -2.21. The molecule has 3 heterocycles.